The minimum absolute atomic E-state index is 0.734. The van der Waals surface area contributed by atoms with Gasteiger partial charge in [-0.05, 0) is 196 Å². The molecule has 2 N–H and O–H groups in total. The van der Waals surface area contributed by atoms with Crippen LogP contribution in [0.4, 0.5) is 0 Å². The van der Waals surface area contributed by atoms with Gasteiger partial charge in [0.2, 0.25) is 0 Å². The van der Waals surface area contributed by atoms with Crippen LogP contribution in [0.5, 0.6) is 0 Å². The summed E-state index contributed by atoms with van der Waals surface area (Å²) in [7, 11) is 0. The molecular formula is C88H130N8. The van der Waals surface area contributed by atoms with Crippen LogP contribution in [0, 0.1) is 0 Å². The second-order valence-corrected chi connectivity index (χ2v) is 29.6. The van der Waals surface area contributed by atoms with Crippen LogP contribution in [0.15, 0.2) is 48.5 Å². The molecule has 0 unspecified atom stereocenters. The number of hydrogen-bond acceptors (Lipinski definition) is 6. The molecule has 4 aromatic carbocycles. The number of aromatic amines is 2. The van der Waals surface area contributed by atoms with Gasteiger partial charge in [-0.3, -0.25) is 0 Å². The molecule has 7 aromatic rings. The van der Waals surface area contributed by atoms with E-state index in [1.807, 2.05) is 0 Å². The van der Waals surface area contributed by atoms with Crippen molar-refractivity contribution in [1.82, 2.24) is 39.9 Å². The Morgan fingerprint density at radius 3 is 0.510 bits per heavy atom. The van der Waals surface area contributed by atoms with Crippen molar-refractivity contribution in [1.29, 1.82) is 0 Å². The summed E-state index contributed by atoms with van der Waals surface area (Å²) in [6.07, 6.45) is 58.8. The van der Waals surface area contributed by atoms with Gasteiger partial charge in [-0.25, -0.2) is 29.9 Å². The molecule has 0 fully saturated rings. The smallest absolute Gasteiger partial charge is 0.164 e. The van der Waals surface area contributed by atoms with E-state index < -0.39 is 0 Å². The van der Waals surface area contributed by atoms with Gasteiger partial charge in [-0.15, -0.1) is 0 Å². The number of nitrogens with one attached hydrogen (secondary N) is 2. The van der Waals surface area contributed by atoms with Gasteiger partial charge >= 0.3 is 0 Å². The summed E-state index contributed by atoms with van der Waals surface area (Å²) in [5, 5.41) is 4.47. The van der Waals surface area contributed by atoms with E-state index in [1.165, 1.54) is 301 Å². The Morgan fingerprint density at radius 2 is 0.344 bits per heavy atom. The van der Waals surface area contributed by atoms with Crippen LogP contribution in [0.1, 0.15) is 357 Å². The van der Waals surface area contributed by atoms with Crippen molar-refractivity contribution in [2.24, 2.45) is 0 Å². The monoisotopic (exact) mass is 1300 g/mol. The molecule has 5 heterocycles. The van der Waals surface area contributed by atoms with Crippen molar-refractivity contribution in [2.45, 2.75) is 364 Å². The Bertz CT molecular complexity index is 3190. The van der Waals surface area contributed by atoms with Crippen LogP contribution in [0.25, 0.3) is 89.7 Å². The van der Waals surface area contributed by atoms with E-state index in [4.69, 9.17) is 29.9 Å². The highest BCUT2D eigenvalue weighted by atomic mass is 15.1. The minimum atomic E-state index is 0.734. The normalized spacial score (nSPS) is 12.1. The van der Waals surface area contributed by atoms with Gasteiger partial charge in [0.1, 0.15) is 22.6 Å². The van der Waals surface area contributed by atoms with Crippen LogP contribution < -0.4 is 0 Å². The average molecular weight is 1300 g/mol. The molecular weight excluding hydrogens is 1170 g/mol. The largest absolute Gasteiger partial charge is 0.324 e. The lowest BCUT2D eigenvalue weighted by molar-refractivity contribution is 0.621. The highest BCUT2D eigenvalue weighted by Crippen LogP contribution is 2.42. The maximum atomic E-state index is 5.85. The molecule has 96 heavy (non-hydrogen) atoms. The number of rotatable bonds is 48. The number of nitrogens with zero attached hydrogens (tertiary/aromatic N) is 6. The van der Waals surface area contributed by atoms with E-state index in [-0.39, 0.29) is 0 Å². The van der Waals surface area contributed by atoms with Crippen LogP contribution in [0.3, 0.4) is 0 Å². The topological polar surface area (TPSA) is 109 Å². The maximum absolute atomic E-state index is 5.85. The minimum Gasteiger partial charge on any atom is -0.324 e. The van der Waals surface area contributed by atoms with Gasteiger partial charge in [0.15, 0.2) is 23.3 Å². The highest BCUT2D eigenvalue weighted by Gasteiger charge is 2.27. The Labute approximate surface area is 583 Å². The molecule has 0 radical (unpaired) electrons. The second kappa shape index (κ2) is 41.0. The fourth-order valence-corrected chi connectivity index (χ4v) is 15.5. The van der Waals surface area contributed by atoms with Gasteiger partial charge in [0.05, 0.1) is 0 Å². The number of fused-ring (bicyclic) bond motifs is 20. The fraction of sp³-hybridized carbons (Fsp3) is 0.636. The summed E-state index contributed by atoms with van der Waals surface area (Å²) in [5.41, 5.74) is 19.3. The second-order valence-electron chi connectivity index (χ2n) is 29.6. The van der Waals surface area contributed by atoms with Crippen LogP contribution in [-0.4, -0.2) is 39.9 Å². The Morgan fingerprint density at radius 1 is 0.188 bits per heavy atom. The molecule has 8 bridgehead atoms. The first kappa shape index (κ1) is 74.5. The zero-order valence-electron chi connectivity index (χ0n) is 62.2. The van der Waals surface area contributed by atoms with Crippen molar-refractivity contribution < 1.29 is 0 Å². The SMILES string of the molecule is CCCCCCCc1cc2c(cc1CCCCCCC)-c1nc-2nc2[nH]c(nc3nc(nc4[nH]c(n1)c1cc(CCCCCCC)c(CCCCCCC)cc41)-c1cc(CCCCCCC)c(CCCCCCC)cc1-3)c1cc(CCCCCCC)c(CCCCCCC)cc21. The van der Waals surface area contributed by atoms with Gasteiger partial charge in [-0.2, -0.15) is 0 Å². The lowest BCUT2D eigenvalue weighted by Crippen LogP contribution is -1.98. The standard InChI is InChI=1S/C88H130N8/c1-9-17-25-33-41-49-65-57-73-74(58-66(65)50-42-34-26-18-10-2)82-89-81(73)93-83-75-59-67(51-43-35-27-19-11-3)68(52-44-36-28-20-12-4)60-76(75)85(90-83)95-87-79-63-71(55-47-39-31-23-15-7)72(56-48-40-32-24-16-8)64-80(79)88(92-87)96-86-78-62-70(54-46-38-30-22-14-6)69(53-45-37-29-21-13-5)61-77(78)84(91-86)94-82/h57-64H,9-56H2,1-8H3,(H2,89,90,91,92,93,94,95,96). The first-order chi connectivity index (χ1) is 47.3. The number of unbranched alkanes of at least 4 members (excludes halogenated alkanes) is 32. The Hall–Kier alpha value is -5.76. The van der Waals surface area contributed by atoms with Crippen LogP contribution in [0.2, 0.25) is 0 Å². The lowest BCUT2D eigenvalue weighted by atomic mass is 9.92. The molecule has 9 rings (SSSR count). The van der Waals surface area contributed by atoms with E-state index in [0.29, 0.717) is 0 Å². The van der Waals surface area contributed by atoms with Gasteiger partial charge in [-0.1, -0.05) is 261 Å². The quantitative estimate of drug-likeness (QED) is 0.0368. The van der Waals surface area contributed by atoms with Crippen LogP contribution >= 0.6 is 0 Å². The number of hydrogen-bond donors (Lipinski definition) is 2. The van der Waals surface area contributed by atoms with Crippen molar-refractivity contribution in [2.75, 3.05) is 0 Å². The van der Waals surface area contributed by atoms with E-state index in [1.54, 1.807) is 0 Å². The van der Waals surface area contributed by atoms with Crippen molar-refractivity contribution >= 4 is 44.1 Å². The summed E-state index contributed by atoms with van der Waals surface area (Å²) in [4.78, 5) is 42.8. The van der Waals surface area contributed by atoms with Gasteiger partial charge in [0.25, 0.3) is 0 Å². The maximum Gasteiger partial charge on any atom is 0.164 e. The van der Waals surface area contributed by atoms with Crippen molar-refractivity contribution in [3.8, 4) is 45.6 Å². The van der Waals surface area contributed by atoms with Gasteiger partial charge < -0.3 is 9.97 Å². The van der Waals surface area contributed by atoms with E-state index >= 15 is 0 Å². The summed E-state index contributed by atoms with van der Waals surface area (Å²) >= 11 is 0. The zero-order chi connectivity index (χ0) is 67.1. The van der Waals surface area contributed by atoms with Crippen molar-refractivity contribution in [3.05, 3.63) is 93.0 Å². The van der Waals surface area contributed by atoms with Crippen LogP contribution in [-0.2, 0) is 51.4 Å². The number of aromatic nitrogens is 8. The highest BCUT2D eigenvalue weighted by molar-refractivity contribution is 6.07. The molecule has 0 amide bonds. The van der Waals surface area contributed by atoms with Crippen molar-refractivity contribution in [3.63, 3.8) is 0 Å². The Kier molecular flexibility index (Phi) is 31.8. The predicted octanol–water partition coefficient (Wildman–Crippen LogP) is 27.0. The number of H-pyrrole nitrogens is 2. The molecule has 0 saturated heterocycles. The molecule has 2 aliphatic rings. The molecule has 0 spiro atoms. The predicted molar refractivity (Wildman–Crippen MR) is 416 cm³/mol. The van der Waals surface area contributed by atoms with E-state index in [9.17, 15) is 0 Å². The summed E-state index contributed by atoms with van der Waals surface area (Å²) in [5.74, 6) is 2.93. The molecule has 0 aliphatic carbocycles. The summed E-state index contributed by atoms with van der Waals surface area (Å²) in [6, 6.07) is 20.1. The molecule has 8 nitrogen and oxygen atoms in total. The Balaban J connectivity index is 1.36. The third kappa shape index (κ3) is 21.1. The number of benzene rings is 4. The molecule has 0 atom stereocenters. The number of aryl methyl sites for hydroxylation is 8. The molecule has 3 aromatic heterocycles. The summed E-state index contributed by atoms with van der Waals surface area (Å²) < 4.78 is 0. The molecule has 522 valence electrons. The third-order valence-corrected chi connectivity index (χ3v) is 21.5. The average Bonchev–Trinajstić information content (AvgIpc) is 1.60. The molecule has 0 saturated carbocycles. The van der Waals surface area contributed by atoms with Gasteiger partial charge in [0, 0.05) is 43.8 Å². The molecule has 2 aliphatic heterocycles. The zero-order valence-corrected chi connectivity index (χ0v) is 62.2. The molecule has 8 heteroatoms. The van der Waals surface area contributed by atoms with E-state index in [0.717, 1.165) is 141 Å². The van der Waals surface area contributed by atoms with E-state index in [2.05, 4.69) is 114 Å². The first-order valence-electron chi connectivity index (χ1n) is 40.8. The lowest BCUT2D eigenvalue weighted by Gasteiger charge is -2.13. The summed E-state index contributed by atoms with van der Waals surface area (Å²) in [6.45, 7) is 18.6. The fourth-order valence-electron chi connectivity index (χ4n) is 15.5. The third-order valence-electron chi connectivity index (χ3n) is 21.5. The first-order valence-corrected chi connectivity index (χ1v) is 40.8.